The molecule has 0 aromatic heterocycles. The Labute approximate surface area is 117 Å². The molecule has 1 aliphatic rings. The van der Waals surface area contributed by atoms with Crippen molar-refractivity contribution in [3.63, 3.8) is 0 Å². The molecule has 0 radical (unpaired) electrons. The van der Waals surface area contributed by atoms with Gasteiger partial charge in [0.25, 0.3) is 0 Å². The molecule has 1 aromatic carbocycles. The van der Waals surface area contributed by atoms with Crippen LogP contribution < -0.4 is 10.6 Å². The Morgan fingerprint density at radius 2 is 2.00 bits per heavy atom. The molecule has 0 saturated carbocycles. The third-order valence-corrected chi connectivity index (χ3v) is 3.41. The highest BCUT2D eigenvalue weighted by Crippen LogP contribution is 2.30. The molecule has 0 aliphatic carbocycles. The molecular weight excluding hydrogens is 258 g/mol. The average Bonchev–Trinajstić information content (AvgIpc) is 2.40. The Bertz CT molecular complexity index is 569. The largest absolute Gasteiger partial charge is 0.369 e. The quantitative estimate of drug-likeness (QED) is 0.773. The van der Waals surface area contributed by atoms with Crippen molar-refractivity contribution < 1.29 is 14.4 Å². The Morgan fingerprint density at radius 3 is 2.60 bits per heavy atom. The van der Waals surface area contributed by atoms with E-state index in [1.54, 1.807) is 26.2 Å². The van der Waals surface area contributed by atoms with Gasteiger partial charge in [-0.25, -0.2) is 0 Å². The minimum atomic E-state index is -0.903. The number of likely N-dealkylation sites (N-methyl/N-ethyl adjacent to an activating group) is 1. The maximum Gasteiger partial charge on any atom is 0.242 e. The molecule has 106 valence electrons. The second-order valence-corrected chi connectivity index (χ2v) is 5.00. The van der Waals surface area contributed by atoms with E-state index in [9.17, 15) is 14.4 Å². The third kappa shape index (κ3) is 2.49. The zero-order chi connectivity index (χ0) is 14.9. The molecule has 1 atom stereocenters. The van der Waals surface area contributed by atoms with Gasteiger partial charge in [-0.15, -0.1) is 0 Å². The van der Waals surface area contributed by atoms with E-state index in [1.807, 2.05) is 12.1 Å². The van der Waals surface area contributed by atoms with Crippen molar-refractivity contribution >= 4 is 23.4 Å². The first kappa shape index (κ1) is 14.0. The van der Waals surface area contributed by atoms with Gasteiger partial charge < -0.3 is 15.5 Å². The number of hydrogen-bond donors (Lipinski definition) is 1. The van der Waals surface area contributed by atoms with Crippen molar-refractivity contribution in [2.45, 2.75) is 6.42 Å². The summed E-state index contributed by atoms with van der Waals surface area (Å²) in [5.41, 5.74) is 6.81. The first-order valence-corrected chi connectivity index (χ1v) is 6.30. The van der Waals surface area contributed by atoms with Gasteiger partial charge in [-0.05, 0) is 18.1 Å². The van der Waals surface area contributed by atoms with Crippen molar-refractivity contribution in [3.05, 3.63) is 29.8 Å². The number of rotatable bonds is 3. The second kappa shape index (κ2) is 5.32. The van der Waals surface area contributed by atoms with E-state index in [2.05, 4.69) is 0 Å². The fraction of sp³-hybridized carbons (Fsp3) is 0.357. The van der Waals surface area contributed by atoms with Crippen LogP contribution in [0.3, 0.4) is 0 Å². The first-order chi connectivity index (χ1) is 9.41. The molecule has 0 bridgehead atoms. The van der Waals surface area contributed by atoms with Crippen molar-refractivity contribution in [1.29, 1.82) is 0 Å². The topological polar surface area (TPSA) is 83.7 Å². The van der Waals surface area contributed by atoms with E-state index >= 15 is 0 Å². The van der Waals surface area contributed by atoms with E-state index in [0.29, 0.717) is 5.69 Å². The Balaban J connectivity index is 2.39. The molecule has 1 unspecified atom stereocenters. The number of nitrogens with two attached hydrogens (primary N) is 1. The minimum Gasteiger partial charge on any atom is -0.369 e. The van der Waals surface area contributed by atoms with Crippen LogP contribution in [0.2, 0.25) is 0 Å². The maximum atomic E-state index is 12.3. The standard InChI is InChI=1S/C14H17N3O3/c1-16(2)12(18)8-17-11-6-4-3-5-9(11)7-10(13(15)19)14(17)20/h3-6,10H,7-8H2,1-2H3,(H2,15,19). The molecule has 1 aliphatic heterocycles. The van der Waals surface area contributed by atoms with Gasteiger partial charge in [-0.3, -0.25) is 14.4 Å². The maximum absolute atomic E-state index is 12.3. The van der Waals surface area contributed by atoms with E-state index in [0.717, 1.165) is 5.56 Å². The molecule has 2 rings (SSSR count). The fourth-order valence-electron chi connectivity index (χ4n) is 2.22. The normalized spacial score (nSPS) is 17.6. The predicted octanol–water partition coefficient (Wildman–Crippen LogP) is -0.235. The van der Waals surface area contributed by atoms with Crippen molar-refractivity contribution in [1.82, 2.24) is 4.90 Å². The van der Waals surface area contributed by atoms with Crippen LogP contribution in [0.15, 0.2) is 24.3 Å². The summed E-state index contributed by atoms with van der Waals surface area (Å²) >= 11 is 0. The monoisotopic (exact) mass is 275 g/mol. The Kier molecular flexibility index (Phi) is 3.74. The van der Waals surface area contributed by atoms with Gasteiger partial charge in [0.1, 0.15) is 12.5 Å². The van der Waals surface area contributed by atoms with Crippen LogP contribution in [-0.4, -0.2) is 43.3 Å². The molecule has 20 heavy (non-hydrogen) atoms. The first-order valence-electron chi connectivity index (χ1n) is 6.30. The number of nitrogens with zero attached hydrogens (tertiary/aromatic N) is 2. The lowest BCUT2D eigenvalue weighted by Crippen LogP contribution is -2.49. The molecule has 2 N–H and O–H groups in total. The third-order valence-electron chi connectivity index (χ3n) is 3.41. The molecule has 1 heterocycles. The van der Waals surface area contributed by atoms with Gasteiger partial charge in [-0.1, -0.05) is 18.2 Å². The zero-order valence-corrected chi connectivity index (χ0v) is 11.5. The summed E-state index contributed by atoms with van der Waals surface area (Å²) in [7, 11) is 3.24. The number of fused-ring (bicyclic) bond motifs is 1. The minimum absolute atomic E-state index is 0.0906. The van der Waals surface area contributed by atoms with E-state index in [4.69, 9.17) is 5.73 Å². The average molecular weight is 275 g/mol. The number of primary amides is 1. The number of anilines is 1. The zero-order valence-electron chi connectivity index (χ0n) is 11.5. The molecule has 1 aromatic rings. The summed E-state index contributed by atoms with van der Waals surface area (Å²) in [6, 6.07) is 7.24. The Morgan fingerprint density at radius 1 is 1.35 bits per heavy atom. The fourth-order valence-corrected chi connectivity index (χ4v) is 2.22. The lowest BCUT2D eigenvalue weighted by Gasteiger charge is -2.33. The van der Waals surface area contributed by atoms with Crippen LogP contribution >= 0.6 is 0 Å². The lowest BCUT2D eigenvalue weighted by atomic mass is 9.91. The van der Waals surface area contributed by atoms with Crippen LogP contribution in [0, 0.1) is 5.92 Å². The van der Waals surface area contributed by atoms with Crippen molar-refractivity contribution in [3.8, 4) is 0 Å². The van der Waals surface area contributed by atoms with Gasteiger partial charge >= 0.3 is 0 Å². The van der Waals surface area contributed by atoms with Gasteiger partial charge in [0, 0.05) is 19.8 Å². The highest BCUT2D eigenvalue weighted by molar-refractivity contribution is 6.11. The number of benzene rings is 1. The van der Waals surface area contributed by atoms with Crippen LogP contribution in [0.4, 0.5) is 5.69 Å². The number of amides is 3. The summed E-state index contributed by atoms with van der Waals surface area (Å²) in [5, 5.41) is 0. The van der Waals surface area contributed by atoms with E-state index in [-0.39, 0.29) is 18.9 Å². The molecule has 0 spiro atoms. The summed E-state index contributed by atoms with van der Waals surface area (Å²) < 4.78 is 0. The molecule has 3 amide bonds. The molecule has 0 saturated heterocycles. The summed E-state index contributed by atoms with van der Waals surface area (Å²) in [6.45, 7) is -0.0906. The van der Waals surface area contributed by atoms with Crippen LogP contribution in [0.5, 0.6) is 0 Å². The van der Waals surface area contributed by atoms with Gasteiger partial charge in [0.2, 0.25) is 17.7 Å². The number of carbonyl (C=O) groups is 3. The van der Waals surface area contributed by atoms with E-state index < -0.39 is 17.7 Å². The second-order valence-electron chi connectivity index (χ2n) is 5.00. The van der Waals surface area contributed by atoms with Crippen LogP contribution in [0.1, 0.15) is 5.56 Å². The summed E-state index contributed by atoms with van der Waals surface area (Å²) in [5.74, 6) is -2.18. The summed E-state index contributed by atoms with van der Waals surface area (Å²) in [4.78, 5) is 38.4. The lowest BCUT2D eigenvalue weighted by molar-refractivity contribution is -0.134. The van der Waals surface area contributed by atoms with Gasteiger partial charge in [0.05, 0.1) is 0 Å². The van der Waals surface area contributed by atoms with Gasteiger partial charge in [-0.2, -0.15) is 0 Å². The van der Waals surface area contributed by atoms with Crippen molar-refractivity contribution in [2.75, 3.05) is 25.5 Å². The molecule has 0 fully saturated rings. The van der Waals surface area contributed by atoms with E-state index in [1.165, 1.54) is 9.80 Å². The number of carbonyl (C=O) groups excluding carboxylic acids is 3. The smallest absolute Gasteiger partial charge is 0.242 e. The molecule has 6 nitrogen and oxygen atoms in total. The highest BCUT2D eigenvalue weighted by atomic mass is 16.2. The summed E-state index contributed by atoms with van der Waals surface area (Å²) in [6.07, 6.45) is 0.289. The van der Waals surface area contributed by atoms with Gasteiger partial charge in [0.15, 0.2) is 0 Å². The molecule has 6 heteroatoms. The van der Waals surface area contributed by atoms with Crippen LogP contribution in [-0.2, 0) is 20.8 Å². The van der Waals surface area contributed by atoms with Crippen molar-refractivity contribution in [2.24, 2.45) is 11.7 Å². The highest BCUT2D eigenvalue weighted by Gasteiger charge is 2.36. The SMILES string of the molecule is CN(C)C(=O)CN1C(=O)C(C(N)=O)Cc2ccccc21. The number of hydrogen-bond acceptors (Lipinski definition) is 3. The number of para-hydroxylation sites is 1. The molecular formula is C14H17N3O3. The van der Waals surface area contributed by atoms with Crippen LogP contribution in [0.25, 0.3) is 0 Å². The predicted molar refractivity (Wildman–Crippen MR) is 73.9 cm³/mol. The Hall–Kier alpha value is -2.37.